The fourth-order valence-corrected chi connectivity index (χ4v) is 1.49. The number of carboxylic acids is 1. The third-order valence-corrected chi connectivity index (χ3v) is 2.30. The average molecular weight is 239 g/mol. The topological polar surface area (TPSA) is 98.7 Å². The van der Waals surface area contributed by atoms with Gasteiger partial charge in [0.15, 0.2) is 0 Å². The second kappa shape index (κ2) is 5.86. The van der Waals surface area contributed by atoms with Crippen LogP contribution in [0.15, 0.2) is 0 Å². The van der Waals surface area contributed by atoms with Crippen LogP contribution in [-0.2, 0) is 14.4 Å². The van der Waals surface area contributed by atoms with Gasteiger partial charge in [-0.1, -0.05) is 5.92 Å². The first-order valence-electron chi connectivity index (χ1n) is 4.98. The lowest BCUT2D eigenvalue weighted by Gasteiger charge is -2.31. The molecule has 1 atom stereocenters. The lowest BCUT2D eigenvalue weighted by atomic mass is 10.2. The number of hydrogen-bond acceptors (Lipinski definition) is 4. The molecule has 0 radical (unpaired) electrons. The summed E-state index contributed by atoms with van der Waals surface area (Å²) >= 11 is 0. The smallest absolute Gasteiger partial charge is 0.322 e. The molecule has 1 aliphatic heterocycles. The van der Waals surface area contributed by atoms with Crippen LogP contribution in [0.2, 0.25) is 0 Å². The zero-order valence-electron chi connectivity index (χ0n) is 9.10. The van der Waals surface area contributed by atoms with E-state index in [2.05, 4.69) is 16.6 Å². The maximum Gasteiger partial charge on any atom is 0.322 e. The molecule has 0 aromatic rings. The van der Waals surface area contributed by atoms with E-state index in [1.165, 1.54) is 4.90 Å². The molecule has 1 aliphatic rings. The highest BCUT2D eigenvalue weighted by atomic mass is 16.4. The van der Waals surface area contributed by atoms with Crippen LogP contribution < -0.4 is 10.6 Å². The number of piperazine rings is 1. The second-order valence-electron chi connectivity index (χ2n) is 3.54. The van der Waals surface area contributed by atoms with Gasteiger partial charge in [-0.2, -0.15) is 0 Å². The Labute approximate surface area is 98.2 Å². The molecular formula is C10H13N3O4. The Hall–Kier alpha value is -2.07. The maximum atomic E-state index is 11.4. The molecule has 17 heavy (non-hydrogen) atoms. The Balaban J connectivity index is 2.58. The van der Waals surface area contributed by atoms with Crippen molar-refractivity contribution in [3.8, 4) is 12.3 Å². The van der Waals surface area contributed by atoms with Crippen molar-refractivity contribution in [3.63, 3.8) is 0 Å². The van der Waals surface area contributed by atoms with Crippen molar-refractivity contribution >= 4 is 17.8 Å². The summed E-state index contributed by atoms with van der Waals surface area (Å²) in [5.74, 6) is 0.460. The first-order chi connectivity index (χ1) is 8.04. The average Bonchev–Trinajstić information content (AvgIpc) is 2.26. The number of carboxylic acid groups (broad SMARTS) is 1. The van der Waals surface area contributed by atoms with Gasteiger partial charge in [-0.05, 0) is 0 Å². The van der Waals surface area contributed by atoms with Gasteiger partial charge in [-0.15, -0.1) is 6.42 Å². The number of nitrogens with zero attached hydrogens (tertiary/aromatic N) is 1. The number of hydrogen-bond donors (Lipinski definition) is 3. The molecule has 0 aliphatic carbocycles. The van der Waals surface area contributed by atoms with Crippen molar-refractivity contribution in [2.75, 3.05) is 26.2 Å². The van der Waals surface area contributed by atoms with E-state index in [9.17, 15) is 14.4 Å². The SMILES string of the molecule is C#CCNC(=O)CN1CC(=O)NCC1C(=O)O. The van der Waals surface area contributed by atoms with E-state index in [-0.39, 0.29) is 32.1 Å². The number of carbonyl (C=O) groups is 3. The van der Waals surface area contributed by atoms with E-state index >= 15 is 0 Å². The Morgan fingerprint density at radius 2 is 2.35 bits per heavy atom. The van der Waals surface area contributed by atoms with Gasteiger partial charge in [0.25, 0.3) is 0 Å². The van der Waals surface area contributed by atoms with E-state index in [0.717, 1.165) is 0 Å². The lowest BCUT2D eigenvalue weighted by molar-refractivity contribution is -0.146. The van der Waals surface area contributed by atoms with Crippen LogP contribution in [0.3, 0.4) is 0 Å². The molecule has 1 saturated heterocycles. The molecule has 0 saturated carbocycles. The first kappa shape index (κ1) is 13.0. The molecule has 2 amide bonds. The Morgan fingerprint density at radius 1 is 1.65 bits per heavy atom. The van der Waals surface area contributed by atoms with Crippen molar-refractivity contribution in [1.82, 2.24) is 15.5 Å². The van der Waals surface area contributed by atoms with Crippen LogP contribution in [0.1, 0.15) is 0 Å². The minimum atomic E-state index is -1.07. The molecule has 7 heteroatoms. The van der Waals surface area contributed by atoms with Crippen LogP contribution >= 0.6 is 0 Å². The Bertz CT molecular complexity index is 374. The minimum absolute atomic E-state index is 0.00339. The number of nitrogens with one attached hydrogen (secondary N) is 2. The fourth-order valence-electron chi connectivity index (χ4n) is 1.49. The molecule has 0 bridgehead atoms. The summed E-state index contributed by atoms with van der Waals surface area (Å²) in [5, 5.41) is 13.8. The third-order valence-electron chi connectivity index (χ3n) is 2.30. The minimum Gasteiger partial charge on any atom is -0.480 e. The molecule has 7 nitrogen and oxygen atoms in total. The van der Waals surface area contributed by atoms with Crippen molar-refractivity contribution in [2.45, 2.75) is 6.04 Å². The van der Waals surface area contributed by atoms with Crippen LogP contribution in [-0.4, -0.2) is 60.0 Å². The normalized spacial score (nSPS) is 20.2. The summed E-state index contributed by atoms with van der Waals surface area (Å²) in [4.78, 5) is 34.7. The molecule has 1 heterocycles. The van der Waals surface area contributed by atoms with Gasteiger partial charge in [0.2, 0.25) is 11.8 Å². The molecule has 0 aromatic heterocycles. The highest BCUT2D eigenvalue weighted by Gasteiger charge is 2.32. The lowest BCUT2D eigenvalue weighted by Crippen LogP contribution is -2.59. The standard InChI is InChI=1S/C10H13N3O4/c1-2-3-11-8(14)5-13-6-9(15)12-4-7(13)10(16)17/h1,7H,3-6H2,(H,11,14)(H,12,15)(H,16,17). The van der Waals surface area contributed by atoms with Gasteiger partial charge >= 0.3 is 5.97 Å². The molecular weight excluding hydrogens is 226 g/mol. The highest BCUT2D eigenvalue weighted by molar-refractivity contribution is 5.85. The number of terminal acetylenes is 1. The number of amides is 2. The fraction of sp³-hybridized carbons (Fsp3) is 0.500. The van der Waals surface area contributed by atoms with Crippen LogP contribution in [0.25, 0.3) is 0 Å². The summed E-state index contributed by atoms with van der Waals surface area (Å²) in [5.41, 5.74) is 0. The molecule has 1 fully saturated rings. The van der Waals surface area contributed by atoms with Crippen LogP contribution in [0.5, 0.6) is 0 Å². The van der Waals surface area contributed by atoms with Crippen LogP contribution in [0, 0.1) is 12.3 Å². The van der Waals surface area contributed by atoms with E-state index in [0.29, 0.717) is 0 Å². The van der Waals surface area contributed by atoms with Gasteiger partial charge in [0, 0.05) is 6.54 Å². The number of rotatable bonds is 4. The van der Waals surface area contributed by atoms with Gasteiger partial charge in [-0.25, -0.2) is 0 Å². The van der Waals surface area contributed by atoms with Gasteiger partial charge in [0.1, 0.15) is 6.04 Å². The van der Waals surface area contributed by atoms with Crippen molar-refractivity contribution in [3.05, 3.63) is 0 Å². The van der Waals surface area contributed by atoms with Crippen molar-refractivity contribution in [2.24, 2.45) is 0 Å². The van der Waals surface area contributed by atoms with Gasteiger partial charge < -0.3 is 15.7 Å². The molecule has 1 rings (SSSR count). The first-order valence-corrected chi connectivity index (χ1v) is 4.98. The largest absolute Gasteiger partial charge is 0.480 e. The van der Waals surface area contributed by atoms with Crippen molar-refractivity contribution < 1.29 is 19.5 Å². The monoisotopic (exact) mass is 239 g/mol. The molecule has 0 aromatic carbocycles. The third kappa shape index (κ3) is 3.77. The van der Waals surface area contributed by atoms with Crippen molar-refractivity contribution in [1.29, 1.82) is 0 Å². The summed E-state index contributed by atoms with van der Waals surface area (Å²) < 4.78 is 0. The number of carbonyl (C=O) groups excluding carboxylic acids is 2. The predicted molar refractivity (Wildman–Crippen MR) is 57.8 cm³/mol. The Morgan fingerprint density at radius 3 is 2.94 bits per heavy atom. The zero-order chi connectivity index (χ0) is 12.8. The van der Waals surface area contributed by atoms with Crippen LogP contribution in [0.4, 0.5) is 0 Å². The van der Waals surface area contributed by atoms with E-state index in [4.69, 9.17) is 11.5 Å². The van der Waals surface area contributed by atoms with E-state index < -0.39 is 17.9 Å². The zero-order valence-corrected chi connectivity index (χ0v) is 9.10. The Kier molecular flexibility index (Phi) is 4.48. The quantitative estimate of drug-likeness (QED) is 0.476. The maximum absolute atomic E-state index is 11.4. The second-order valence-corrected chi connectivity index (χ2v) is 3.54. The summed E-state index contributed by atoms with van der Waals surface area (Å²) in [6.07, 6.45) is 4.97. The molecule has 1 unspecified atom stereocenters. The van der Waals surface area contributed by atoms with Gasteiger partial charge in [-0.3, -0.25) is 19.3 Å². The molecule has 0 spiro atoms. The van der Waals surface area contributed by atoms with E-state index in [1.807, 2.05) is 0 Å². The molecule has 3 N–H and O–H groups in total. The summed E-state index contributed by atoms with van der Waals surface area (Å²) in [7, 11) is 0. The summed E-state index contributed by atoms with van der Waals surface area (Å²) in [6, 6.07) is -0.885. The number of aliphatic carboxylic acids is 1. The van der Waals surface area contributed by atoms with E-state index in [1.54, 1.807) is 0 Å². The summed E-state index contributed by atoms with van der Waals surface area (Å²) in [6.45, 7) is -0.195. The predicted octanol–water partition coefficient (Wildman–Crippen LogP) is -2.38. The van der Waals surface area contributed by atoms with Gasteiger partial charge in [0.05, 0.1) is 19.6 Å². The highest BCUT2D eigenvalue weighted by Crippen LogP contribution is 2.03. The molecule has 92 valence electrons.